The van der Waals surface area contributed by atoms with Crippen LogP contribution in [0.15, 0.2) is 36.7 Å². The highest BCUT2D eigenvalue weighted by atomic mass is 19.1. The van der Waals surface area contributed by atoms with Gasteiger partial charge in [-0.15, -0.1) is 0 Å². The molecule has 0 spiro atoms. The Labute approximate surface area is 112 Å². The van der Waals surface area contributed by atoms with E-state index in [-0.39, 0.29) is 11.9 Å². The largest absolute Gasteiger partial charge is 0.328 e. The second-order valence-corrected chi connectivity index (χ2v) is 4.58. The lowest BCUT2D eigenvalue weighted by atomic mass is 10.1. The fourth-order valence-corrected chi connectivity index (χ4v) is 1.83. The van der Waals surface area contributed by atoms with E-state index in [2.05, 4.69) is 9.97 Å². The monoisotopic (exact) mass is 260 g/mol. The third-order valence-electron chi connectivity index (χ3n) is 2.76. The molecule has 19 heavy (non-hydrogen) atoms. The summed E-state index contributed by atoms with van der Waals surface area (Å²) >= 11 is 0. The van der Waals surface area contributed by atoms with Crippen molar-refractivity contribution in [2.24, 2.45) is 5.73 Å². The highest BCUT2D eigenvalue weighted by Crippen LogP contribution is 2.22. The molecule has 1 heterocycles. The van der Waals surface area contributed by atoms with Crippen LogP contribution in [0.2, 0.25) is 0 Å². The van der Waals surface area contributed by atoms with Crippen LogP contribution < -0.4 is 10.6 Å². The second-order valence-electron chi connectivity index (χ2n) is 4.58. The van der Waals surface area contributed by atoms with Gasteiger partial charge < -0.3 is 10.6 Å². The fraction of sp³-hybridized carbons (Fsp3) is 0.286. The lowest BCUT2D eigenvalue weighted by molar-refractivity contribution is 0.627. The lowest BCUT2D eigenvalue weighted by Crippen LogP contribution is -2.19. The molecule has 0 saturated heterocycles. The minimum absolute atomic E-state index is 0.0683. The first-order chi connectivity index (χ1) is 9.08. The lowest BCUT2D eigenvalue weighted by Gasteiger charge is -2.17. The van der Waals surface area contributed by atoms with Gasteiger partial charge in [-0.1, -0.05) is 12.1 Å². The van der Waals surface area contributed by atoms with Gasteiger partial charge in [-0.3, -0.25) is 0 Å². The molecule has 1 atom stereocenters. The quantitative estimate of drug-likeness (QED) is 0.916. The standard InChI is InChI=1S/C14H17FN4/c1-10(16)7-11-8-17-14(18-9-11)19(2)13-6-4-3-5-12(13)15/h3-6,8-10H,7,16H2,1-2H3. The van der Waals surface area contributed by atoms with Gasteiger partial charge in [0.1, 0.15) is 5.82 Å². The zero-order chi connectivity index (χ0) is 13.8. The normalized spacial score (nSPS) is 12.2. The van der Waals surface area contributed by atoms with Gasteiger partial charge in [0.15, 0.2) is 0 Å². The maximum atomic E-state index is 13.7. The van der Waals surface area contributed by atoms with Crippen LogP contribution >= 0.6 is 0 Å². The molecule has 0 saturated carbocycles. The molecule has 0 aliphatic carbocycles. The minimum Gasteiger partial charge on any atom is -0.328 e. The summed E-state index contributed by atoms with van der Waals surface area (Å²) in [6.45, 7) is 1.93. The van der Waals surface area contributed by atoms with Crippen LogP contribution in [0.3, 0.4) is 0 Å². The molecule has 0 aliphatic heterocycles. The Morgan fingerprint density at radius 2 is 1.89 bits per heavy atom. The average molecular weight is 260 g/mol. The Kier molecular flexibility index (Phi) is 4.06. The maximum absolute atomic E-state index is 13.7. The number of para-hydroxylation sites is 1. The Balaban J connectivity index is 2.20. The second kappa shape index (κ2) is 5.75. The van der Waals surface area contributed by atoms with E-state index in [0.29, 0.717) is 11.6 Å². The van der Waals surface area contributed by atoms with Crippen molar-refractivity contribution in [3.8, 4) is 0 Å². The van der Waals surface area contributed by atoms with E-state index in [0.717, 1.165) is 12.0 Å². The summed E-state index contributed by atoms with van der Waals surface area (Å²) in [6, 6.07) is 6.60. The van der Waals surface area contributed by atoms with Gasteiger partial charge in [-0.2, -0.15) is 0 Å². The first-order valence-corrected chi connectivity index (χ1v) is 6.12. The number of aromatic nitrogens is 2. The SMILES string of the molecule is CC(N)Cc1cnc(N(C)c2ccccc2F)nc1. The molecule has 100 valence electrons. The van der Waals surface area contributed by atoms with Gasteiger partial charge in [0.25, 0.3) is 0 Å². The topological polar surface area (TPSA) is 55.0 Å². The van der Waals surface area contributed by atoms with Crippen molar-refractivity contribution in [2.75, 3.05) is 11.9 Å². The van der Waals surface area contributed by atoms with Crippen LogP contribution in [0.4, 0.5) is 16.0 Å². The molecule has 2 aromatic rings. The molecule has 1 aromatic carbocycles. The number of anilines is 2. The molecule has 5 heteroatoms. The van der Waals surface area contributed by atoms with Crippen LogP contribution in [-0.4, -0.2) is 23.1 Å². The zero-order valence-electron chi connectivity index (χ0n) is 11.0. The number of benzene rings is 1. The summed E-state index contributed by atoms with van der Waals surface area (Å²) in [5.41, 5.74) is 7.14. The summed E-state index contributed by atoms with van der Waals surface area (Å²) in [4.78, 5) is 10.1. The summed E-state index contributed by atoms with van der Waals surface area (Å²) < 4.78 is 13.7. The van der Waals surface area contributed by atoms with E-state index in [4.69, 9.17) is 5.73 Å². The number of rotatable bonds is 4. The molecule has 0 fully saturated rings. The highest BCUT2D eigenvalue weighted by Gasteiger charge is 2.11. The third kappa shape index (κ3) is 3.26. The summed E-state index contributed by atoms with van der Waals surface area (Å²) in [5, 5.41) is 0. The highest BCUT2D eigenvalue weighted by molar-refractivity contribution is 5.56. The Hall–Kier alpha value is -2.01. The molecule has 0 radical (unpaired) electrons. The maximum Gasteiger partial charge on any atom is 0.229 e. The summed E-state index contributed by atoms with van der Waals surface area (Å²) in [7, 11) is 1.74. The van der Waals surface area contributed by atoms with Crippen molar-refractivity contribution in [2.45, 2.75) is 19.4 Å². The Morgan fingerprint density at radius 3 is 2.47 bits per heavy atom. The van der Waals surface area contributed by atoms with E-state index in [1.54, 1.807) is 42.5 Å². The van der Waals surface area contributed by atoms with Gasteiger partial charge in [-0.05, 0) is 31.0 Å². The Bertz CT molecular complexity index is 539. The molecule has 0 amide bonds. The van der Waals surface area contributed by atoms with Crippen molar-refractivity contribution >= 4 is 11.6 Å². The van der Waals surface area contributed by atoms with Gasteiger partial charge in [0.2, 0.25) is 5.95 Å². The fourth-order valence-electron chi connectivity index (χ4n) is 1.83. The number of hydrogen-bond donors (Lipinski definition) is 1. The summed E-state index contributed by atoms with van der Waals surface area (Å²) in [6.07, 6.45) is 4.18. The smallest absolute Gasteiger partial charge is 0.229 e. The minimum atomic E-state index is -0.298. The van der Waals surface area contributed by atoms with Crippen molar-refractivity contribution in [1.29, 1.82) is 0 Å². The number of halogens is 1. The zero-order valence-corrected chi connectivity index (χ0v) is 11.0. The van der Waals surface area contributed by atoms with E-state index in [1.165, 1.54) is 6.07 Å². The van der Waals surface area contributed by atoms with Crippen LogP contribution in [0, 0.1) is 5.82 Å². The third-order valence-corrected chi connectivity index (χ3v) is 2.76. The van der Waals surface area contributed by atoms with Crippen molar-refractivity contribution in [3.63, 3.8) is 0 Å². The number of nitrogens with two attached hydrogens (primary N) is 1. The van der Waals surface area contributed by atoms with E-state index in [1.807, 2.05) is 6.92 Å². The predicted octanol–water partition coefficient (Wildman–Crippen LogP) is 2.27. The molecular weight excluding hydrogens is 243 g/mol. The first kappa shape index (κ1) is 13.4. The molecule has 1 unspecified atom stereocenters. The molecule has 2 N–H and O–H groups in total. The van der Waals surface area contributed by atoms with Crippen molar-refractivity contribution in [1.82, 2.24) is 9.97 Å². The van der Waals surface area contributed by atoms with Crippen molar-refractivity contribution < 1.29 is 4.39 Å². The van der Waals surface area contributed by atoms with Gasteiger partial charge in [0.05, 0.1) is 5.69 Å². The summed E-state index contributed by atoms with van der Waals surface area (Å²) in [5.74, 6) is 0.159. The molecular formula is C14H17FN4. The van der Waals surface area contributed by atoms with E-state index >= 15 is 0 Å². The first-order valence-electron chi connectivity index (χ1n) is 6.12. The van der Waals surface area contributed by atoms with E-state index in [9.17, 15) is 4.39 Å². The van der Waals surface area contributed by atoms with Crippen LogP contribution in [0.25, 0.3) is 0 Å². The van der Waals surface area contributed by atoms with Crippen LogP contribution in [-0.2, 0) is 6.42 Å². The molecule has 1 aromatic heterocycles. The molecule has 0 aliphatic rings. The molecule has 2 rings (SSSR count). The number of hydrogen-bond acceptors (Lipinski definition) is 4. The van der Waals surface area contributed by atoms with Crippen LogP contribution in [0.1, 0.15) is 12.5 Å². The molecule has 0 bridgehead atoms. The van der Waals surface area contributed by atoms with E-state index < -0.39 is 0 Å². The van der Waals surface area contributed by atoms with Gasteiger partial charge >= 0.3 is 0 Å². The van der Waals surface area contributed by atoms with Gasteiger partial charge in [-0.25, -0.2) is 14.4 Å². The van der Waals surface area contributed by atoms with Crippen molar-refractivity contribution in [3.05, 3.63) is 48.0 Å². The molecule has 4 nitrogen and oxygen atoms in total. The number of nitrogens with zero attached hydrogens (tertiary/aromatic N) is 3. The van der Waals surface area contributed by atoms with Crippen LogP contribution in [0.5, 0.6) is 0 Å². The Morgan fingerprint density at radius 1 is 1.26 bits per heavy atom. The average Bonchev–Trinajstić information content (AvgIpc) is 2.39. The predicted molar refractivity (Wildman–Crippen MR) is 73.8 cm³/mol. The van der Waals surface area contributed by atoms with Gasteiger partial charge in [0, 0.05) is 25.5 Å².